The zero-order chi connectivity index (χ0) is 27.2. The Morgan fingerprint density at radius 3 is 2.24 bits per heavy atom. The highest BCUT2D eigenvalue weighted by molar-refractivity contribution is 7.92. The molecule has 8 nitrogen and oxygen atoms in total. The van der Waals surface area contributed by atoms with Gasteiger partial charge in [0.25, 0.3) is 10.0 Å². The van der Waals surface area contributed by atoms with Crippen LogP contribution < -0.4 is 10.0 Å². The lowest BCUT2D eigenvalue weighted by molar-refractivity contribution is -0.120. The number of nitrogens with zero attached hydrogens (tertiary/aromatic N) is 1. The molecule has 1 heterocycles. The minimum absolute atomic E-state index is 0.0379. The van der Waals surface area contributed by atoms with Crippen molar-refractivity contribution in [2.45, 2.75) is 30.6 Å². The second-order valence-electron chi connectivity index (χ2n) is 9.23. The van der Waals surface area contributed by atoms with Crippen molar-refractivity contribution < 1.29 is 21.6 Å². The maximum atomic E-state index is 12.9. The van der Waals surface area contributed by atoms with E-state index in [1.807, 2.05) is 30.3 Å². The fraction of sp³-hybridized carbons (Fsp3) is 0.296. The Balaban J connectivity index is 1.31. The van der Waals surface area contributed by atoms with Gasteiger partial charge in [-0.05, 0) is 79.8 Å². The van der Waals surface area contributed by atoms with Crippen LogP contribution in [0.3, 0.4) is 0 Å². The summed E-state index contributed by atoms with van der Waals surface area (Å²) in [5.41, 5.74) is 1.91. The summed E-state index contributed by atoms with van der Waals surface area (Å²) in [5, 5.41) is 3.29. The Kier molecular flexibility index (Phi) is 9.09. The summed E-state index contributed by atoms with van der Waals surface area (Å²) >= 11 is 5.84. The first-order valence-electron chi connectivity index (χ1n) is 12.3. The molecule has 1 saturated heterocycles. The van der Waals surface area contributed by atoms with Gasteiger partial charge < -0.3 is 5.32 Å². The predicted molar refractivity (Wildman–Crippen MR) is 150 cm³/mol. The fourth-order valence-corrected chi connectivity index (χ4v) is 7.10. The van der Waals surface area contributed by atoms with Crippen molar-refractivity contribution in [3.05, 3.63) is 89.4 Å². The van der Waals surface area contributed by atoms with Crippen LogP contribution >= 0.6 is 11.6 Å². The van der Waals surface area contributed by atoms with Gasteiger partial charge in [0, 0.05) is 29.5 Å². The average molecular weight is 576 g/mol. The fourth-order valence-electron chi connectivity index (χ4n) is 4.34. The topological polar surface area (TPSA) is 113 Å². The lowest BCUT2D eigenvalue weighted by Gasteiger charge is -2.31. The third-order valence-electron chi connectivity index (χ3n) is 6.39. The number of rotatable bonds is 10. The Hall–Kier alpha value is -2.92. The van der Waals surface area contributed by atoms with Gasteiger partial charge in [0.15, 0.2) is 0 Å². The minimum Gasteiger partial charge on any atom is -0.326 e. The number of benzene rings is 3. The molecule has 4 rings (SSSR count). The Bertz CT molecular complexity index is 1450. The maximum absolute atomic E-state index is 12.9. The van der Waals surface area contributed by atoms with E-state index in [0.29, 0.717) is 48.6 Å². The van der Waals surface area contributed by atoms with Gasteiger partial charge in [0.05, 0.1) is 16.6 Å². The summed E-state index contributed by atoms with van der Waals surface area (Å²) in [6, 6.07) is 21.9. The summed E-state index contributed by atoms with van der Waals surface area (Å²) in [5.74, 6) is -0.734. The molecule has 202 valence electrons. The minimum atomic E-state index is -3.82. The summed E-state index contributed by atoms with van der Waals surface area (Å²) < 4.78 is 55.0. The molecule has 1 aliphatic heterocycles. The van der Waals surface area contributed by atoms with E-state index in [9.17, 15) is 21.6 Å². The highest BCUT2D eigenvalue weighted by Gasteiger charge is 2.32. The number of carbonyl (C=O) groups excluding carboxylic acids is 1. The van der Waals surface area contributed by atoms with Crippen LogP contribution in [0.25, 0.3) is 0 Å². The van der Waals surface area contributed by atoms with Crippen LogP contribution in [0.4, 0.5) is 11.4 Å². The second kappa shape index (κ2) is 12.3. The molecule has 11 heteroatoms. The summed E-state index contributed by atoms with van der Waals surface area (Å²) in [6.07, 6.45) is 2.38. The summed E-state index contributed by atoms with van der Waals surface area (Å²) in [7, 11) is -7.29. The van der Waals surface area contributed by atoms with E-state index in [0.717, 1.165) is 5.56 Å². The van der Waals surface area contributed by atoms with E-state index in [4.69, 9.17) is 11.6 Å². The number of hydrogen-bond donors (Lipinski definition) is 2. The Labute approximate surface area is 229 Å². The molecular formula is C27H30ClN3O5S2. The summed E-state index contributed by atoms with van der Waals surface area (Å²) in [6.45, 7) is 0.543. The van der Waals surface area contributed by atoms with E-state index in [1.54, 1.807) is 24.3 Å². The van der Waals surface area contributed by atoms with Crippen molar-refractivity contribution in [2.75, 3.05) is 28.9 Å². The third-order valence-corrected chi connectivity index (χ3v) is 9.96. The van der Waals surface area contributed by atoms with Crippen LogP contribution in [-0.2, 0) is 31.3 Å². The maximum Gasteiger partial charge on any atom is 0.261 e. The van der Waals surface area contributed by atoms with Crippen molar-refractivity contribution in [1.82, 2.24) is 4.31 Å². The average Bonchev–Trinajstić information content (AvgIpc) is 2.91. The largest absolute Gasteiger partial charge is 0.326 e. The van der Waals surface area contributed by atoms with Crippen molar-refractivity contribution in [2.24, 2.45) is 5.92 Å². The quantitative estimate of drug-likeness (QED) is 0.362. The molecule has 1 amide bonds. The van der Waals surface area contributed by atoms with Crippen LogP contribution in [0.2, 0.25) is 5.02 Å². The number of amides is 1. The van der Waals surface area contributed by atoms with Crippen LogP contribution in [0, 0.1) is 5.92 Å². The predicted octanol–water partition coefficient (Wildman–Crippen LogP) is 4.75. The highest BCUT2D eigenvalue weighted by Crippen LogP contribution is 2.23. The Morgan fingerprint density at radius 2 is 1.55 bits per heavy atom. The molecule has 2 N–H and O–H groups in total. The lowest BCUT2D eigenvalue weighted by atomic mass is 9.99. The van der Waals surface area contributed by atoms with Gasteiger partial charge >= 0.3 is 0 Å². The molecule has 3 aromatic rings. The number of nitrogens with one attached hydrogen (secondary N) is 2. The normalized spacial score (nSPS) is 16.6. The van der Waals surface area contributed by atoms with Crippen molar-refractivity contribution in [3.8, 4) is 0 Å². The molecule has 3 aromatic carbocycles. The molecule has 0 aliphatic carbocycles. The van der Waals surface area contributed by atoms with Gasteiger partial charge in [-0.1, -0.05) is 41.9 Å². The van der Waals surface area contributed by atoms with E-state index < -0.39 is 26.0 Å². The first kappa shape index (κ1) is 28.1. The molecule has 1 unspecified atom stereocenters. The molecule has 38 heavy (non-hydrogen) atoms. The van der Waals surface area contributed by atoms with Crippen molar-refractivity contribution in [1.29, 1.82) is 0 Å². The van der Waals surface area contributed by atoms with Gasteiger partial charge in [0.2, 0.25) is 15.9 Å². The van der Waals surface area contributed by atoms with Crippen LogP contribution in [-0.4, -0.2) is 45.9 Å². The van der Waals surface area contributed by atoms with Gasteiger partial charge in [-0.25, -0.2) is 21.1 Å². The van der Waals surface area contributed by atoms with E-state index in [2.05, 4.69) is 10.0 Å². The first-order valence-corrected chi connectivity index (χ1v) is 15.8. The number of piperidine rings is 1. The molecule has 0 bridgehead atoms. The number of aryl methyl sites for hydroxylation is 1. The SMILES string of the molecule is O=C(Nc1ccc(S(=O)(=O)Nc2ccc(Cl)cc2)cc1)C1CCCN(S(=O)(=O)CCCc2ccccc2)C1. The number of anilines is 2. The molecule has 0 aromatic heterocycles. The monoisotopic (exact) mass is 575 g/mol. The van der Waals surface area contributed by atoms with Crippen molar-refractivity contribution in [3.63, 3.8) is 0 Å². The van der Waals surface area contributed by atoms with Crippen LogP contribution in [0.1, 0.15) is 24.8 Å². The number of hydrogen-bond acceptors (Lipinski definition) is 5. The molecule has 0 radical (unpaired) electrons. The van der Waals surface area contributed by atoms with E-state index in [-0.39, 0.29) is 23.1 Å². The summed E-state index contributed by atoms with van der Waals surface area (Å²) in [4.78, 5) is 13.0. The van der Waals surface area contributed by atoms with Gasteiger partial charge in [-0.3, -0.25) is 9.52 Å². The molecule has 1 atom stereocenters. The molecular weight excluding hydrogens is 546 g/mol. The van der Waals surface area contributed by atoms with Gasteiger partial charge in [0.1, 0.15) is 0 Å². The Morgan fingerprint density at radius 1 is 0.895 bits per heavy atom. The number of carbonyl (C=O) groups is 1. The standard InChI is InChI=1S/C27H30ClN3O5S2/c28-23-10-12-25(13-11-23)30-38(35,36)26-16-14-24(15-17-26)29-27(32)22-9-4-18-31(20-22)37(33,34)19-5-8-21-6-2-1-3-7-21/h1-3,6-7,10-17,22,30H,4-5,8-9,18-20H2,(H,29,32). The highest BCUT2D eigenvalue weighted by atomic mass is 35.5. The number of sulfonamides is 2. The third kappa shape index (κ3) is 7.57. The van der Waals surface area contributed by atoms with Crippen LogP contribution in [0.15, 0.2) is 83.8 Å². The van der Waals surface area contributed by atoms with Crippen molar-refractivity contribution >= 4 is 48.9 Å². The molecule has 0 saturated carbocycles. The molecule has 1 fully saturated rings. The number of halogens is 1. The smallest absolute Gasteiger partial charge is 0.261 e. The molecule has 0 spiro atoms. The van der Waals surface area contributed by atoms with Gasteiger partial charge in [-0.2, -0.15) is 0 Å². The lowest BCUT2D eigenvalue weighted by Crippen LogP contribution is -2.44. The van der Waals surface area contributed by atoms with Crippen LogP contribution in [0.5, 0.6) is 0 Å². The van der Waals surface area contributed by atoms with Gasteiger partial charge in [-0.15, -0.1) is 0 Å². The van der Waals surface area contributed by atoms with E-state index in [1.165, 1.54) is 28.6 Å². The molecule has 1 aliphatic rings. The van der Waals surface area contributed by atoms with E-state index >= 15 is 0 Å². The first-order chi connectivity index (χ1) is 18.1. The zero-order valence-corrected chi connectivity index (χ0v) is 23.1. The second-order valence-corrected chi connectivity index (χ2v) is 13.4. The zero-order valence-electron chi connectivity index (χ0n) is 20.7.